The molecule has 1 aromatic rings. The van der Waals surface area contributed by atoms with Gasteiger partial charge in [-0.1, -0.05) is 27.7 Å². The normalized spacial score (nSPS) is 12.6. The molecule has 0 radical (unpaired) electrons. The third-order valence-corrected chi connectivity index (χ3v) is 5.00. The highest BCUT2D eigenvalue weighted by Crippen LogP contribution is 2.38. The minimum Gasteiger partial charge on any atom is -0.383 e. The molecule has 122 valence electrons. The first-order chi connectivity index (χ1) is 9.80. The van der Waals surface area contributed by atoms with Crippen molar-refractivity contribution in [3.63, 3.8) is 0 Å². The number of thiazole rings is 1. The molecule has 4 heteroatoms. The lowest BCUT2D eigenvalue weighted by atomic mass is 9.82. The van der Waals surface area contributed by atoms with Crippen LogP contribution in [0.4, 0.5) is 0 Å². The maximum absolute atomic E-state index is 5.23. The third-order valence-electron chi connectivity index (χ3n) is 3.72. The van der Waals surface area contributed by atoms with Gasteiger partial charge in [0.25, 0.3) is 0 Å². The minimum atomic E-state index is -0.0233. The number of hydrogen-bond donors (Lipinski definition) is 1. The molecule has 21 heavy (non-hydrogen) atoms. The fraction of sp³-hybridized carbons (Fsp3) is 0.824. The summed E-state index contributed by atoms with van der Waals surface area (Å²) in [5, 5.41) is 5.02. The van der Waals surface area contributed by atoms with Crippen molar-refractivity contribution in [2.75, 3.05) is 20.3 Å². The second-order valence-corrected chi connectivity index (χ2v) is 8.06. The van der Waals surface area contributed by atoms with Gasteiger partial charge in [-0.05, 0) is 38.5 Å². The Morgan fingerprint density at radius 3 is 2.10 bits per heavy atom. The van der Waals surface area contributed by atoms with Crippen molar-refractivity contribution in [2.24, 2.45) is 11.8 Å². The molecule has 1 heterocycles. The fourth-order valence-corrected chi connectivity index (χ4v) is 4.04. The SMILES string of the molecule is COCCNC(CC(C)C)(CC(C)C)c1nc(C)c(C)s1. The average Bonchev–Trinajstić information content (AvgIpc) is 2.68. The number of nitrogens with zero attached hydrogens (tertiary/aromatic N) is 1. The van der Waals surface area contributed by atoms with Crippen LogP contribution in [0.5, 0.6) is 0 Å². The van der Waals surface area contributed by atoms with Crippen LogP contribution in [0.15, 0.2) is 0 Å². The highest BCUT2D eigenvalue weighted by atomic mass is 32.1. The number of ether oxygens (including phenoxy) is 1. The van der Waals surface area contributed by atoms with E-state index < -0.39 is 0 Å². The van der Waals surface area contributed by atoms with E-state index >= 15 is 0 Å². The number of aromatic nitrogens is 1. The molecule has 0 aromatic carbocycles. The molecule has 0 atom stereocenters. The summed E-state index contributed by atoms with van der Waals surface area (Å²) >= 11 is 1.85. The fourth-order valence-electron chi connectivity index (χ4n) is 2.94. The van der Waals surface area contributed by atoms with Crippen molar-refractivity contribution in [3.8, 4) is 0 Å². The lowest BCUT2D eigenvalue weighted by Crippen LogP contribution is -2.46. The maximum Gasteiger partial charge on any atom is 0.113 e. The first-order valence-electron chi connectivity index (χ1n) is 7.99. The van der Waals surface area contributed by atoms with Crippen molar-refractivity contribution in [3.05, 3.63) is 15.6 Å². The summed E-state index contributed by atoms with van der Waals surface area (Å²) in [6.45, 7) is 15.1. The number of methoxy groups -OCH3 is 1. The first kappa shape index (κ1) is 18.6. The van der Waals surface area contributed by atoms with Crippen LogP contribution in [0.1, 0.15) is 56.1 Å². The molecule has 0 saturated heterocycles. The molecule has 0 fully saturated rings. The van der Waals surface area contributed by atoms with Gasteiger partial charge in [0.15, 0.2) is 0 Å². The Morgan fingerprint density at radius 1 is 1.14 bits per heavy atom. The second-order valence-electron chi connectivity index (χ2n) is 6.86. The molecule has 0 amide bonds. The van der Waals surface area contributed by atoms with E-state index in [0.717, 1.165) is 26.0 Å². The zero-order valence-electron chi connectivity index (χ0n) is 14.7. The number of rotatable bonds is 9. The molecule has 1 rings (SSSR count). The molecule has 0 bridgehead atoms. The zero-order chi connectivity index (χ0) is 16.0. The van der Waals surface area contributed by atoms with Gasteiger partial charge in [-0.25, -0.2) is 4.98 Å². The van der Waals surface area contributed by atoms with Gasteiger partial charge in [-0.15, -0.1) is 11.3 Å². The van der Waals surface area contributed by atoms with E-state index in [-0.39, 0.29) is 5.54 Å². The first-order valence-corrected chi connectivity index (χ1v) is 8.81. The Balaban J connectivity index is 3.13. The quantitative estimate of drug-likeness (QED) is 0.691. The number of hydrogen-bond acceptors (Lipinski definition) is 4. The van der Waals surface area contributed by atoms with E-state index in [1.54, 1.807) is 7.11 Å². The van der Waals surface area contributed by atoms with Crippen LogP contribution < -0.4 is 5.32 Å². The lowest BCUT2D eigenvalue weighted by Gasteiger charge is -2.36. The van der Waals surface area contributed by atoms with Gasteiger partial charge in [-0.2, -0.15) is 0 Å². The highest BCUT2D eigenvalue weighted by molar-refractivity contribution is 7.11. The predicted molar refractivity (Wildman–Crippen MR) is 92.1 cm³/mol. The molecule has 0 aliphatic heterocycles. The lowest BCUT2D eigenvalue weighted by molar-refractivity contribution is 0.163. The Bertz CT molecular complexity index is 397. The Kier molecular flexibility index (Phi) is 7.31. The summed E-state index contributed by atoms with van der Waals surface area (Å²) < 4.78 is 5.23. The number of nitrogens with one attached hydrogen (secondary N) is 1. The molecule has 0 spiro atoms. The van der Waals surface area contributed by atoms with Gasteiger partial charge >= 0.3 is 0 Å². The summed E-state index contributed by atoms with van der Waals surface area (Å²) in [7, 11) is 1.76. The van der Waals surface area contributed by atoms with Crippen LogP contribution in [0.2, 0.25) is 0 Å². The molecule has 3 nitrogen and oxygen atoms in total. The van der Waals surface area contributed by atoms with E-state index in [1.807, 2.05) is 11.3 Å². The predicted octanol–water partition coefficient (Wildman–Crippen LogP) is 4.28. The van der Waals surface area contributed by atoms with E-state index in [9.17, 15) is 0 Å². The monoisotopic (exact) mass is 312 g/mol. The van der Waals surface area contributed by atoms with E-state index in [2.05, 4.69) is 46.9 Å². The van der Waals surface area contributed by atoms with Crippen molar-refractivity contribution >= 4 is 11.3 Å². The summed E-state index contributed by atoms with van der Waals surface area (Å²) in [5.41, 5.74) is 1.14. The molecular weight excluding hydrogens is 280 g/mol. The smallest absolute Gasteiger partial charge is 0.113 e. The van der Waals surface area contributed by atoms with Gasteiger partial charge in [-0.3, -0.25) is 0 Å². The van der Waals surface area contributed by atoms with Gasteiger partial charge in [0.2, 0.25) is 0 Å². The van der Waals surface area contributed by atoms with Crippen LogP contribution in [-0.4, -0.2) is 25.2 Å². The summed E-state index contributed by atoms with van der Waals surface area (Å²) in [4.78, 5) is 6.21. The number of aryl methyl sites for hydroxylation is 2. The molecular formula is C17H32N2OS. The molecule has 0 aliphatic carbocycles. The van der Waals surface area contributed by atoms with E-state index in [1.165, 1.54) is 15.6 Å². The zero-order valence-corrected chi connectivity index (χ0v) is 15.6. The average molecular weight is 313 g/mol. The van der Waals surface area contributed by atoms with Crippen LogP contribution in [-0.2, 0) is 10.3 Å². The van der Waals surface area contributed by atoms with Gasteiger partial charge in [0.1, 0.15) is 5.01 Å². The topological polar surface area (TPSA) is 34.1 Å². The van der Waals surface area contributed by atoms with Crippen molar-refractivity contribution in [1.82, 2.24) is 10.3 Å². The van der Waals surface area contributed by atoms with Crippen molar-refractivity contribution < 1.29 is 4.74 Å². The van der Waals surface area contributed by atoms with Crippen LogP contribution in [0.3, 0.4) is 0 Å². The maximum atomic E-state index is 5.23. The third kappa shape index (κ3) is 5.35. The van der Waals surface area contributed by atoms with Crippen LogP contribution in [0, 0.1) is 25.7 Å². The van der Waals surface area contributed by atoms with Crippen molar-refractivity contribution in [2.45, 2.75) is 59.9 Å². The Hall–Kier alpha value is -0.450. The molecule has 1 N–H and O–H groups in total. The molecule has 1 aromatic heterocycles. The van der Waals surface area contributed by atoms with Gasteiger partial charge in [0.05, 0.1) is 17.8 Å². The summed E-state index contributed by atoms with van der Waals surface area (Å²) in [5.74, 6) is 1.26. The Morgan fingerprint density at radius 2 is 1.71 bits per heavy atom. The van der Waals surface area contributed by atoms with Gasteiger partial charge < -0.3 is 10.1 Å². The molecule has 0 aliphatic rings. The van der Waals surface area contributed by atoms with Gasteiger partial charge in [0, 0.05) is 18.5 Å². The largest absolute Gasteiger partial charge is 0.383 e. The summed E-state index contributed by atoms with van der Waals surface area (Å²) in [6, 6.07) is 0. The standard InChI is InChI=1S/C17H32N2OS/c1-12(2)10-17(11-13(3)4,18-8-9-20-7)16-19-14(5)15(6)21-16/h12-13,18H,8-11H2,1-7H3. The summed E-state index contributed by atoms with van der Waals surface area (Å²) in [6.07, 6.45) is 2.22. The van der Waals surface area contributed by atoms with E-state index in [4.69, 9.17) is 9.72 Å². The second kappa shape index (κ2) is 8.25. The van der Waals surface area contributed by atoms with Crippen LogP contribution in [0.25, 0.3) is 0 Å². The molecule has 0 unspecified atom stereocenters. The van der Waals surface area contributed by atoms with E-state index in [0.29, 0.717) is 11.8 Å². The Labute approximate surface area is 134 Å². The van der Waals surface area contributed by atoms with Crippen molar-refractivity contribution in [1.29, 1.82) is 0 Å². The molecule has 0 saturated carbocycles. The minimum absolute atomic E-state index is 0.0233. The highest BCUT2D eigenvalue weighted by Gasteiger charge is 2.36. The van der Waals surface area contributed by atoms with Crippen LogP contribution >= 0.6 is 11.3 Å².